The maximum Gasteiger partial charge on any atom is 0.309 e. The fourth-order valence-corrected chi connectivity index (χ4v) is 6.00. The first-order valence-electron chi connectivity index (χ1n) is 7.26. The van der Waals surface area contributed by atoms with E-state index < -0.39 is 9.84 Å². The molecule has 0 spiro atoms. The van der Waals surface area contributed by atoms with E-state index >= 15 is 0 Å². The number of carbonyl (C=O) groups is 1. The SMILES string of the molecule is CCOC(=O)[C@H]1C[C@@H](CS(=O)(=O)C2CC2)[C@H]2C[C@@]12C. The molecule has 3 aliphatic rings. The van der Waals surface area contributed by atoms with E-state index in [0.29, 0.717) is 18.9 Å². The second-order valence-corrected chi connectivity index (χ2v) is 8.97. The summed E-state index contributed by atoms with van der Waals surface area (Å²) in [5.41, 5.74) is 0.00991. The van der Waals surface area contributed by atoms with Gasteiger partial charge in [0.15, 0.2) is 9.84 Å². The van der Waals surface area contributed by atoms with Gasteiger partial charge in [0.25, 0.3) is 0 Å². The van der Waals surface area contributed by atoms with Gasteiger partial charge in [0, 0.05) is 0 Å². The summed E-state index contributed by atoms with van der Waals surface area (Å²) in [6.45, 7) is 4.33. The zero-order valence-electron chi connectivity index (χ0n) is 11.6. The monoisotopic (exact) mass is 286 g/mol. The minimum absolute atomic E-state index is 0.00991. The van der Waals surface area contributed by atoms with E-state index in [9.17, 15) is 13.2 Å². The van der Waals surface area contributed by atoms with Crippen molar-refractivity contribution >= 4 is 15.8 Å². The number of hydrogen-bond donors (Lipinski definition) is 0. The molecule has 0 saturated heterocycles. The summed E-state index contributed by atoms with van der Waals surface area (Å²) in [6.07, 6.45) is 3.35. The first-order chi connectivity index (χ1) is 8.88. The molecular weight excluding hydrogens is 264 g/mol. The fourth-order valence-electron chi connectivity index (χ4n) is 3.91. The quantitative estimate of drug-likeness (QED) is 0.723. The molecule has 4 nitrogen and oxygen atoms in total. The summed E-state index contributed by atoms with van der Waals surface area (Å²) >= 11 is 0. The third-order valence-electron chi connectivity index (χ3n) is 5.30. The molecule has 3 rings (SSSR count). The van der Waals surface area contributed by atoms with Crippen molar-refractivity contribution in [3.8, 4) is 0 Å². The average Bonchev–Trinajstić information content (AvgIpc) is 3.19. The van der Waals surface area contributed by atoms with Crippen LogP contribution in [0.5, 0.6) is 0 Å². The summed E-state index contributed by atoms with van der Waals surface area (Å²) in [7, 11) is -2.92. The van der Waals surface area contributed by atoms with Gasteiger partial charge in [0.1, 0.15) is 0 Å². The van der Waals surface area contributed by atoms with Crippen LogP contribution in [0.2, 0.25) is 0 Å². The van der Waals surface area contributed by atoms with Crippen molar-refractivity contribution in [2.24, 2.45) is 23.2 Å². The molecule has 3 saturated carbocycles. The molecule has 19 heavy (non-hydrogen) atoms. The van der Waals surface area contributed by atoms with Crippen molar-refractivity contribution in [1.29, 1.82) is 0 Å². The lowest BCUT2D eigenvalue weighted by Crippen LogP contribution is -2.25. The third kappa shape index (κ3) is 2.20. The van der Waals surface area contributed by atoms with Gasteiger partial charge in [0.05, 0.1) is 23.5 Å². The lowest BCUT2D eigenvalue weighted by atomic mass is 9.91. The second-order valence-electron chi connectivity index (χ2n) is 6.65. The molecular formula is C14H22O4S. The summed E-state index contributed by atoms with van der Waals surface area (Å²) in [5, 5.41) is -0.0841. The summed E-state index contributed by atoms with van der Waals surface area (Å²) in [5.74, 6) is 0.657. The number of rotatable bonds is 5. The zero-order chi connectivity index (χ0) is 13.8. The Balaban J connectivity index is 1.69. The Morgan fingerprint density at radius 1 is 1.37 bits per heavy atom. The summed E-state index contributed by atoms with van der Waals surface area (Å²) in [6, 6.07) is 0. The summed E-state index contributed by atoms with van der Waals surface area (Å²) < 4.78 is 29.3. The smallest absolute Gasteiger partial charge is 0.309 e. The Hall–Kier alpha value is -0.580. The molecule has 4 atom stereocenters. The first-order valence-corrected chi connectivity index (χ1v) is 8.98. The Bertz CT molecular complexity index is 494. The van der Waals surface area contributed by atoms with Crippen molar-refractivity contribution in [3.63, 3.8) is 0 Å². The normalized spacial score (nSPS) is 40.8. The lowest BCUT2D eigenvalue weighted by molar-refractivity contribution is -0.150. The molecule has 0 N–H and O–H groups in total. The Labute approximate surface area is 114 Å². The Kier molecular flexibility index (Phi) is 2.97. The maximum atomic E-state index is 12.1. The standard InChI is InChI=1S/C14H22O4S/c1-3-18-13(15)11-6-9(12-7-14(11,12)2)8-19(16,17)10-4-5-10/h9-12H,3-8H2,1-2H3/t9-,11+,12+,14-/m0/s1. The van der Waals surface area contributed by atoms with Crippen LogP contribution in [0.4, 0.5) is 0 Å². The van der Waals surface area contributed by atoms with Crippen LogP contribution in [-0.4, -0.2) is 32.0 Å². The van der Waals surface area contributed by atoms with Crippen molar-refractivity contribution in [2.45, 2.75) is 44.8 Å². The van der Waals surface area contributed by atoms with E-state index in [1.807, 2.05) is 6.92 Å². The van der Waals surface area contributed by atoms with E-state index in [1.165, 1.54) is 0 Å². The molecule has 3 aliphatic carbocycles. The van der Waals surface area contributed by atoms with Crippen LogP contribution in [0, 0.1) is 23.2 Å². The molecule has 0 amide bonds. The topological polar surface area (TPSA) is 60.4 Å². The van der Waals surface area contributed by atoms with E-state index in [-0.39, 0.29) is 34.2 Å². The van der Waals surface area contributed by atoms with E-state index in [2.05, 4.69) is 6.92 Å². The second kappa shape index (κ2) is 4.21. The number of carbonyl (C=O) groups excluding carboxylic acids is 1. The van der Waals surface area contributed by atoms with Crippen molar-refractivity contribution in [1.82, 2.24) is 0 Å². The molecule has 108 valence electrons. The van der Waals surface area contributed by atoms with Crippen molar-refractivity contribution < 1.29 is 17.9 Å². The predicted octanol–water partition coefficient (Wildman–Crippen LogP) is 1.79. The molecule has 0 heterocycles. The highest BCUT2D eigenvalue weighted by Gasteiger charge is 2.66. The van der Waals surface area contributed by atoms with Crippen LogP contribution >= 0.6 is 0 Å². The Morgan fingerprint density at radius 3 is 2.63 bits per heavy atom. The molecule has 0 aromatic carbocycles. The molecule has 5 heteroatoms. The van der Waals surface area contributed by atoms with E-state index in [4.69, 9.17) is 4.74 Å². The zero-order valence-corrected chi connectivity index (χ0v) is 12.4. The van der Waals surface area contributed by atoms with Crippen molar-refractivity contribution in [3.05, 3.63) is 0 Å². The minimum atomic E-state index is -2.92. The predicted molar refractivity (Wildman–Crippen MR) is 71.3 cm³/mol. The van der Waals surface area contributed by atoms with Crippen LogP contribution in [0.25, 0.3) is 0 Å². The lowest BCUT2D eigenvalue weighted by Gasteiger charge is -2.18. The van der Waals surface area contributed by atoms with Gasteiger partial charge in [-0.3, -0.25) is 4.79 Å². The summed E-state index contributed by atoms with van der Waals surface area (Å²) in [4.78, 5) is 12.0. The molecule has 0 aromatic heterocycles. The van der Waals surface area contributed by atoms with Gasteiger partial charge < -0.3 is 4.74 Å². The molecule has 0 radical (unpaired) electrons. The van der Waals surface area contributed by atoms with Gasteiger partial charge in [-0.1, -0.05) is 6.92 Å². The van der Waals surface area contributed by atoms with Crippen LogP contribution in [0.15, 0.2) is 0 Å². The van der Waals surface area contributed by atoms with Gasteiger partial charge in [-0.25, -0.2) is 8.42 Å². The van der Waals surface area contributed by atoms with Gasteiger partial charge in [-0.05, 0) is 49.9 Å². The van der Waals surface area contributed by atoms with Crippen LogP contribution in [-0.2, 0) is 19.4 Å². The third-order valence-corrected chi connectivity index (χ3v) is 7.68. The molecule has 0 aliphatic heterocycles. The van der Waals surface area contributed by atoms with Crippen LogP contribution < -0.4 is 0 Å². The average molecular weight is 286 g/mol. The fraction of sp³-hybridized carbons (Fsp3) is 0.929. The number of sulfone groups is 1. The number of hydrogen-bond acceptors (Lipinski definition) is 4. The van der Waals surface area contributed by atoms with Gasteiger partial charge in [-0.2, -0.15) is 0 Å². The Morgan fingerprint density at radius 2 is 2.05 bits per heavy atom. The maximum absolute atomic E-state index is 12.1. The molecule has 0 aromatic rings. The minimum Gasteiger partial charge on any atom is -0.466 e. The van der Waals surface area contributed by atoms with Crippen LogP contribution in [0.3, 0.4) is 0 Å². The molecule has 0 bridgehead atoms. The first kappa shape index (κ1) is 13.4. The van der Waals surface area contributed by atoms with Crippen molar-refractivity contribution in [2.75, 3.05) is 12.4 Å². The van der Waals surface area contributed by atoms with Crippen LogP contribution in [0.1, 0.15) is 39.5 Å². The molecule has 0 unspecified atom stereocenters. The highest BCUT2D eigenvalue weighted by atomic mass is 32.2. The van der Waals surface area contributed by atoms with Gasteiger partial charge >= 0.3 is 5.97 Å². The molecule has 3 fully saturated rings. The van der Waals surface area contributed by atoms with E-state index in [0.717, 1.165) is 19.3 Å². The largest absolute Gasteiger partial charge is 0.466 e. The number of esters is 1. The highest BCUT2D eigenvalue weighted by molar-refractivity contribution is 7.92. The van der Waals surface area contributed by atoms with Gasteiger partial charge in [0.2, 0.25) is 0 Å². The number of fused-ring (bicyclic) bond motifs is 1. The highest BCUT2D eigenvalue weighted by Crippen LogP contribution is 2.69. The van der Waals surface area contributed by atoms with E-state index in [1.54, 1.807) is 0 Å². The number of ether oxygens (including phenoxy) is 1. The van der Waals surface area contributed by atoms with Gasteiger partial charge in [-0.15, -0.1) is 0 Å².